The third kappa shape index (κ3) is 3.94. The molecule has 0 unspecified atom stereocenters. The van der Waals surface area contributed by atoms with Crippen molar-refractivity contribution in [3.8, 4) is 0 Å². The van der Waals surface area contributed by atoms with E-state index in [1.54, 1.807) is 12.1 Å². The summed E-state index contributed by atoms with van der Waals surface area (Å²) in [6, 6.07) is 4.91. The quantitative estimate of drug-likeness (QED) is 0.860. The molecular formula is C13H17ClN2O4S. The first-order valence-corrected chi connectivity index (χ1v) is 8.48. The van der Waals surface area contributed by atoms with Gasteiger partial charge in [-0.15, -0.1) is 0 Å². The van der Waals surface area contributed by atoms with Crippen LogP contribution in [0.1, 0.15) is 30.9 Å². The number of piperidine rings is 1. The van der Waals surface area contributed by atoms with Gasteiger partial charge in [0.05, 0.1) is 0 Å². The Morgan fingerprint density at radius 3 is 2.43 bits per heavy atom. The van der Waals surface area contributed by atoms with Crippen molar-refractivity contribution < 1.29 is 18.3 Å². The second-order valence-corrected chi connectivity index (χ2v) is 6.98. The summed E-state index contributed by atoms with van der Waals surface area (Å²) in [5, 5.41) is 9.52. The first-order valence-electron chi connectivity index (χ1n) is 6.66. The maximum atomic E-state index is 12.3. The van der Waals surface area contributed by atoms with Gasteiger partial charge in [-0.05, 0) is 24.5 Å². The van der Waals surface area contributed by atoms with Gasteiger partial charge in [-0.25, -0.2) is 0 Å². The number of hydrogen-bond acceptors (Lipinski definition) is 3. The average Bonchev–Trinajstić information content (AvgIpc) is 2.46. The molecule has 0 radical (unpaired) electrons. The Kier molecular flexibility index (Phi) is 5.21. The van der Waals surface area contributed by atoms with E-state index < -0.39 is 22.2 Å². The summed E-state index contributed by atoms with van der Waals surface area (Å²) in [5.41, 5.74) is 0.229. The van der Waals surface area contributed by atoms with Gasteiger partial charge in [-0.3, -0.25) is 4.79 Å². The van der Waals surface area contributed by atoms with Crippen molar-refractivity contribution in [2.75, 3.05) is 13.1 Å². The van der Waals surface area contributed by atoms with Crippen molar-refractivity contribution in [2.45, 2.75) is 25.3 Å². The van der Waals surface area contributed by atoms with Gasteiger partial charge in [0.1, 0.15) is 6.04 Å². The van der Waals surface area contributed by atoms with Crippen LogP contribution in [0.2, 0.25) is 5.02 Å². The smallest absolute Gasteiger partial charge is 0.326 e. The van der Waals surface area contributed by atoms with Crippen molar-refractivity contribution >= 4 is 27.8 Å². The van der Waals surface area contributed by atoms with Gasteiger partial charge < -0.3 is 5.11 Å². The van der Waals surface area contributed by atoms with E-state index in [4.69, 9.17) is 11.6 Å². The average molecular weight is 333 g/mol. The van der Waals surface area contributed by atoms with E-state index in [2.05, 4.69) is 4.72 Å². The van der Waals surface area contributed by atoms with E-state index in [-0.39, 0.29) is 10.6 Å². The number of carbonyl (C=O) groups is 1. The molecule has 0 amide bonds. The van der Waals surface area contributed by atoms with Crippen molar-refractivity contribution in [1.82, 2.24) is 9.03 Å². The van der Waals surface area contributed by atoms with Crippen LogP contribution >= 0.6 is 11.6 Å². The van der Waals surface area contributed by atoms with Crippen molar-refractivity contribution in [3.63, 3.8) is 0 Å². The van der Waals surface area contributed by atoms with Gasteiger partial charge in [0.25, 0.3) is 10.2 Å². The molecular weight excluding hydrogens is 316 g/mol. The minimum atomic E-state index is -3.85. The van der Waals surface area contributed by atoms with Crippen LogP contribution in [-0.2, 0) is 15.0 Å². The zero-order chi connectivity index (χ0) is 15.5. The van der Waals surface area contributed by atoms with Gasteiger partial charge in [0.15, 0.2) is 0 Å². The van der Waals surface area contributed by atoms with Crippen LogP contribution in [0, 0.1) is 0 Å². The molecule has 1 aromatic rings. The number of carboxylic acids is 1. The Balaban J connectivity index is 2.24. The Hall–Kier alpha value is -1.15. The van der Waals surface area contributed by atoms with Gasteiger partial charge >= 0.3 is 5.97 Å². The van der Waals surface area contributed by atoms with Gasteiger partial charge in [-0.2, -0.15) is 17.4 Å². The summed E-state index contributed by atoms with van der Waals surface area (Å²) in [5.74, 6) is -1.29. The highest BCUT2D eigenvalue weighted by atomic mass is 35.5. The van der Waals surface area contributed by atoms with E-state index >= 15 is 0 Å². The lowest BCUT2D eigenvalue weighted by atomic mass is 10.1. The first kappa shape index (κ1) is 16.2. The van der Waals surface area contributed by atoms with Crippen LogP contribution in [0.4, 0.5) is 0 Å². The number of hydrogen-bond donors (Lipinski definition) is 2. The minimum absolute atomic E-state index is 0.214. The number of benzene rings is 1. The third-order valence-corrected chi connectivity index (χ3v) is 5.31. The number of aliphatic carboxylic acids is 1. The molecule has 1 fully saturated rings. The second-order valence-electron chi connectivity index (χ2n) is 4.88. The van der Waals surface area contributed by atoms with Gasteiger partial charge in [0.2, 0.25) is 0 Å². The highest BCUT2D eigenvalue weighted by Gasteiger charge is 2.31. The van der Waals surface area contributed by atoms with Crippen LogP contribution in [-0.4, -0.2) is 36.9 Å². The van der Waals surface area contributed by atoms with E-state index in [0.717, 1.165) is 19.3 Å². The van der Waals surface area contributed by atoms with Gasteiger partial charge in [0, 0.05) is 18.1 Å². The molecule has 21 heavy (non-hydrogen) atoms. The fourth-order valence-electron chi connectivity index (χ4n) is 2.28. The number of carboxylic acid groups (broad SMARTS) is 1. The fraction of sp³-hybridized carbons (Fsp3) is 0.462. The monoisotopic (exact) mass is 332 g/mol. The molecule has 0 bridgehead atoms. The van der Waals surface area contributed by atoms with Crippen LogP contribution in [0.25, 0.3) is 0 Å². The highest BCUT2D eigenvalue weighted by molar-refractivity contribution is 7.87. The van der Waals surface area contributed by atoms with E-state index in [1.165, 1.54) is 16.4 Å². The fourth-order valence-corrected chi connectivity index (χ4v) is 3.94. The molecule has 1 aliphatic rings. The lowest BCUT2D eigenvalue weighted by Crippen LogP contribution is -2.46. The number of halogens is 1. The van der Waals surface area contributed by atoms with E-state index in [9.17, 15) is 18.3 Å². The Morgan fingerprint density at radius 1 is 1.24 bits per heavy atom. The number of nitrogens with one attached hydrogen (secondary N) is 1. The summed E-state index contributed by atoms with van der Waals surface area (Å²) in [7, 11) is -3.85. The van der Waals surface area contributed by atoms with Crippen LogP contribution in [0.15, 0.2) is 24.3 Å². The summed E-state index contributed by atoms with van der Waals surface area (Å²) in [6.45, 7) is 0.814. The first-order chi connectivity index (χ1) is 9.92. The number of nitrogens with zero attached hydrogens (tertiary/aromatic N) is 1. The summed E-state index contributed by atoms with van der Waals surface area (Å²) in [6.07, 6.45) is 2.55. The molecule has 1 atom stereocenters. The molecule has 0 aromatic heterocycles. The van der Waals surface area contributed by atoms with Crippen molar-refractivity contribution in [3.05, 3.63) is 34.9 Å². The molecule has 6 nitrogen and oxygen atoms in total. The zero-order valence-electron chi connectivity index (χ0n) is 11.3. The number of rotatable bonds is 5. The van der Waals surface area contributed by atoms with E-state index in [1.807, 2.05) is 0 Å². The zero-order valence-corrected chi connectivity index (χ0v) is 12.9. The van der Waals surface area contributed by atoms with E-state index in [0.29, 0.717) is 13.1 Å². The molecule has 116 valence electrons. The Labute approximate surface area is 128 Å². The third-order valence-electron chi connectivity index (χ3n) is 3.38. The maximum Gasteiger partial charge on any atom is 0.326 e. The molecule has 2 N–H and O–H groups in total. The molecule has 1 saturated heterocycles. The SMILES string of the molecule is O=C(O)[C@H](NS(=O)(=O)N1CCCCC1)c1ccccc1Cl. The highest BCUT2D eigenvalue weighted by Crippen LogP contribution is 2.24. The predicted octanol–water partition coefficient (Wildman–Crippen LogP) is 1.79. The Bertz CT molecular complexity index is 614. The minimum Gasteiger partial charge on any atom is -0.480 e. The topological polar surface area (TPSA) is 86.7 Å². The van der Waals surface area contributed by atoms with Crippen LogP contribution in [0.3, 0.4) is 0 Å². The van der Waals surface area contributed by atoms with Crippen molar-refractivity contribution in [1.29, 1.82) is 0 Å². The maximum absolute atomic E-state index is 12.3. The molecule has 1 aliphatic heterocycles. The summed E-state index contributed by atoms with van der Waals surface area (Å²) < 4.78 is 28.1. The summed E-state index contributed by atoms with van der Waals surface area (Å²) >= 11 is 5.97. The lowest BCUT2D eigenvalue weighted by Gasteiger charge is -2.27. The molecule has 1 aromatic carbocycles. The largest absolute Gasteiger partial charge is 0.480 e. The molecule has 0 spiro atoms. The molecule has 8 heteroatoms. The second kappa shape index (κ2) is 6.74. The van der Waals surface area contributed by atoms with Gasteiger partial charge in [-0.1, -0.05) is 36.2 Å². The van der Waals surface area contributed by atoms with Crippen LogP contribution in [0.5, 0.6) is 0 Å². The molecule has 2 rings (SSSR count). The molecule has 0 aliphatic carbocycles. The summed E-state index contributed by atoms with van der Waals surface area (Å²) in [4.78, 5) is 11.4. The van der Waals surface area contributed by atoms with Crippen molar-refractivity contribution in [2.24, 2.45) is 0 Å². The van der Waals surface area contributed by atoms with Crippen LogP contribution < -0.4 is 4.72 Å². The predicted molar refractivity (Wildman–Crippen MR) is 79.3 cm³/mol. The standard InChI is InChI=1S/C13H17ClN2O4S/c14-11-7-3-2-6-10(11)12(13(17)18)15-21(19,20)16-8-4-1-5-9-16/h2-3,6-7,12,15H,1,4-5,8-9H2,(H,17,18)/t12-/m1/s1. The normalized spacial score (nSPS) is 18.3. The molecule has 0 saturated carbocycles. The molecule has 1 heterocycles. The Morgan fingerprint density at radius 2 is 1.86 bits per heavy atom. The lowest BCUT2D eigenvalue weighted by molar-refractivity contribution is -0.139.